The predicted octanol–water partition coefficient (Wildman–Crippen LogP) is 2.15. The molecule has 1 aliphatic carbocycles. The molecule has 1 aromatic rings. The van der Waals surface area contributed by atoms with Gasteiger partial charge >= 0.3 is 0 Å². The number of anilines is 1. The number of hydrogen-bond donors (Lipinski definition) is 1. The molecule has 2 N–H and O–H groups in total. The number of benzene rings is 1. The maximum Gasteiger partial charge on any atom is 0.257 e. The van der Waals surface area contributed by atoms with Crippen LogP contribution < -0.4 is 10.5 Å². The maximum atomic E-state index is 12.6. The van der Waals surface area contributed by atoms with Crippen molar-refractivity contribution in [2.24, 2.45) is 11.8 Å². The number of nitrogen functional groups attached to an aromatic ring is 1. The third kappa shape index (κ3) is 2.15. The van der Waals surface area contributed by atoms with Gasteiger partial charge in [-0.3, -0.25) is 4.79 Å². The van der Waals surface area contributed by atoms with Crippen LogP contribution in [0.1, 0.15) is 29.6 Å². The highest BCUT2D eigenvalue weighted by Gasteiger charge is 2.38. The van der Waals surface area contributed by atoms with Gasteiger partial charge in [-0.15, -0.1) is 0 Å². The van der Waals surface area contributed by atoms with Crippen molar-refractivity contribution in [1.82, 2.24) is 4.90 Å². The molecule has 0 radical (unpaired) electrons. The number of ether oxygens (including phenoxy) is 1. The van der Waals surface area contributed by atoms with Crippen molar-refractivity contribution in [3.8, 4) is 5.75 Å². The maximum absolute atomic E-state index is 12.6. The fourth-order valence-corrected chi connectivity index (χ4v) is 3.46. The zero-order chi connectivity index (χ0) is 13.4. The van der Waals surface area contributed by atoms with E-state index < -0.39 is 0 Å². The minimum Gasteiger partial charge on any atom is -0.496 e. The number of hydrogen-bond acceptors (Lipinski definition) is 3. The molecule has 1 saturated carbocycles. The first-order valence-electron chi connectivity index (χ1n) is 6.92. The summed E-state index contributed by atoms with van der Waals surface area (Å²) in [7, 11) is 1.58. The molecule has 102 valence electrons. The molecule has 4 nitrogen and oxygen atoms in total. The molecule has 4 heteroatoms. The Labute approximate surface area is 113 Å². The van der Waals surface area contributed by atoms with Crippen LogP contribution in [-0.2, 0) is 0 Å². The fraction of sp³-hybridized carbons (Fsp3) is 0.533. The quantitative estimate of drug-likeness (QED) is 0.829. The van der Waals surface area contributed by atoms with Crippen molar-refractivity contribution in [1.29, 1.82) is 0 Å². The van der Waals surface area contributed by atoms with Crippen LogP contribution in [0.4, 0.5) is 5.69 Å². The molecule has 3 rings (SSSR count). The van der Waals surface area contributed by atoms with Gasteiger partial charge in [0.25, 0.3) is 5.91 Å². The molecule has 1 saturated heterocycles. The number of rotatable bonds is 2. The van der Waals surface area contributed by atoms with Crippen LogP contribution in [-0.4, -0.2) is 31.0 Å². The molecule has 19 heavy (non-hydrogen) atoms. The highest BCUT2D eigenvalue weighted by Crippen LogP contribution is 2.38. The van der Waals surface area contributed by atoms with E-state index in [1.54, 1.807) is 25.3 Å². The third-order valence-corrected chi connectivity index (χ3v) is 4.47. The van der Waals surface area contributed by atoms with Crippen molar-refractivity contribution >= 4 is 11.6 Å². The van der Waals surface area contributed by atoms with Crippen LogP contribution in [0.3, 0.4) is 0 Å². The lowest BCUT2D eigenvalue weighted by Crippen LogP contribution is -2.29. The third-order valence-electron chi connectivity index (χ3n) is 4.47. The van der Waals surface area contributed by atoms with Gasteiger partial charge in [-0.05, 0) is 42.9 Å². The van der Waals surface area contributed by atoms with E-state index in [4.69, 9.17) is 10.5 Å². The van der Waals surface area contributed by atoms with Crippen LogP contribution in [0.15, 0.2) is 18.2 Å². The summed E-state index contributed by atoms with van der Waals surface area (Å²) in [5.74, 6) is 2.07. The van der Waals surface area contributed by atoms with Gasteiger partial charge in [0.1, 0.15) is 5.75 Å². The normalized spacial score (nSPS) is 25.4. The number of carbonyl (C=O) groups excluding carboxylic acids is 1. The lowest BCUT2D eigenvalue weighted by molar-refractivity contribution is 0.0777. The van der Waals surface area contributed by atoms with Crippen LogP contribution >= 0.6 is 0 Å². The molecule has 2 aliphatic rings. The standard InChI is InChI=1S/C15H20N2O2/c1-19-14-6-5-12(16)7-13(14)15(18)17-8-10-3-2-4-11(10)9-17/h5-7,10-11H,2-4,8-9,16H2,1H3. The van der Waals surface area contributed by atoms with Gasteiger partial charge < -0.3 is 15.4 Å². The molecule has 1 aliphatic heterocycles. The Balaban J connectivity index is 1.82. The lowest BCUT2D eigenvalue weighted by Gasteiger charge is -2.19. The van der Waals surface area contributed by atoms with Gasteiger partial charge in [-0.25, -0.2) is 0 Å². The van der Waals surface area contributed by atoms with E-state index in [0.29, 0.717) is 28.8 Å². The van der Waals surface area contributed by atoms with E-state index in [9.17, 15) is 4.79 Å². The molecular formula is C15H20N2O2. The van der Waals surface area contributed by atoms with Crippen LogP contribution in [0.2, 0.25) is 0 Å². The van der Waals surface area contributed by atoms with E-state index in [-0.39, 0.29) is 5.91 Å². The van der Waals surface area contributed by atoms with E-state index >= 15 is 0 Å². The summed E-state index contributed by atoms with van der Waals surface area (Å²) in [5, 5.41) is 0. The van der Waals surface area contributed by atoms with E-state index in [2.05, 4.69) is 0 Å². The Morgan fingerprint density at radius 1 is 1.32 bits per heavy atom. The van der Waals surface area contributed by atoms with Gasteiger partial charge in [-0.1, -0.05) is 6.42 Å². The second-order valence-electron chi connectivity index (χ2n) is 5.62. The lowest BCUT2D eigenvalue weighted by atomic mass is 10.0. The summed E-state index contributed by atoms with van der Waals surface area (Å²) in [5.41, 5.74) is 6.97. The number of methoxy groups -OCH3 is 1. The van der Waals surface area contributed by atoms with E-state index in [1.165, 1.54) is 19.3 Å². The molecule has 2 atom stereocenters. The average Bonchev–Trinajstić information content (AvgIpc) is 2.98. The summed E-state index contributed by atoms with van der Waals surface area (Å²) < 4.78 is 5.27. The first-order chi connectivity index (χ1) is 9.19. The summed E-state index contributed by atoms with van der Waals surface area (Å²) in [6.45, 7) is 1.78. The molecule has 1 amide bonds. The molecule has 1 heterocycles. The summed E-state index contributed by atoms with van der Waals surface area (Å²) in [6, 6.07) is 5.24. The number of carbonyl (C=O) groups is 1. The van der Waals surface area contributed by atoms with Crippen molar-refractivity contribution in [2.45, 2.75) is 19.3 Å². The zero-order valence-corrected chi connectivity index (χ0v) is 11.3. The molecule has 1 aromatic carbocycles. The van der Waals surface area contributed by atoms with E-state index in [0.717, 1.165) is 13.1 Å². The molecule has 2 fully saturated rings. The molecule has 2 unspecified atom stereocenters. The van der Waals surface area contributed by atoms with Gasteiger partial charge in [-0.2, -0.15) is 0 Å². The molecule has 0 bridgehead atoms. The van der Waals surface area contributed by atoms with Crippen molar-refractivity contribution in [3.63, 3.8) is 0 Å². The Hall–Kier alpha value is -1.71. The smallest absolute Gasteiger partial charge is 0.257 e. The van der Waals surface area contributed by atoms with Crippen LogP contribution in [0, 0.1) is 11.8 Å². The number of fused-ring (bicyclic) bond motifs is 1. The Kier molecular flexibility index (Phi) is 3.09. The van der Waals surface area contributed by atoms with Gasteiger partial charge in [0.15, 0.2) is 0 Å². The zero-order valence-electron chi connectivity index (χ0n) is 11.3. The largest absolute Gasteiger partial charge is 0.496 e. The second-order valence-corrected chi connectivity index (χ2v) is 5.62. The fourth-order valence-electron chi connectivity index (χ4n) is 3.46. The van der Waals surface area contributed by atoms with Gasteiger partial charge in [0.05, 0.1) is 12.7 Å². The van der Waals surface area contributed by atoms with Crippen molar-refractivity contribution in [3.05, 3.63) is 23.8 Å². The highest BCUT2D eigenvalue weighted by atomic mass is 16.5. The average molecular weight is 260 g/mol. The van der Waals surface area contributed by atoms with Gasteiger partial charge in [0.2, 0.25) is 0 Å². The molecule has 0 spiro atoms. The number of nitrogens with two attached hydrogens (primary N) is 1. The van der Waals surface area contributed by atoms with Crippen molar-refractivity contribution in [2.75, 3.05) is 25.9 Å². The Morgan fingerprint density at radius 2 is 2.00 bits per heavy atom. The summed E-state index contributed by atoms with van der Waals surface area (Å²) in [6.07, 6.45) is 3.85. The van der Waals surface area contributed by atoms with Crippen LogP contribution in [0.25, 0.3) is 0 Å². The SMILES string of the molecule is COc1ccc(N)cc1C(=O)N1CC2CCCC2C1. The predicted molar refractivity (Wildman–Crippen MR) is 74.1 cm³/mol. The Bertz CT molecular complexity index is 489. The van der Waals surface area contributed by atoms with E-state index in [1.807, 2.05) is 4.90 Å². The van der Waals surface area contributed by atoms with Crippen LogP contribution in [0.5, 0.6) is 5.75 Å². The summed E-state index contributed by atoms with van der Waals surface area (Å²) in [4.78, 5) is 14.6. The highest BCUT2D eigenvalue weighted by molar-refractivity contribution is 5.98. The number of likely N-dealkylation sites (tertiary alicyclic amines) is 1. The molecular weight excluding hydrogens is 240 g/mol. The van der Waals surface area contributed by atoms with Gasteiger partial charge in [0, 0.05) is 18.8 Å². The summed E-state index contributed by atoms with van der Waals surface area (Å²) >= 11 is 0. The minimum atomic E-state index is 0.0542. The first-order valence-corrected chi connectivity index (χ1v) is 6.92. The Morgan fingerprint density at radius 3 is 2.63 bits per heavy atom. The second kappa shape index (κ2) is 4.76. The minimum absolute atomic E-state index is 0.0542. The molecule has 0 aromatic heterocycles. The van der Waals surface area contributed by atoms with Crippen molar-refractivity contribution < 1.29 is 9.53 Å². The number of amides is 1. The number of nitrogens with zero attached hydrogens (tertiary/aromatic N) is 1. The monoisotopic (exact) mass is 260 g/mol. The topological polar surface area (TPSA) is 55.6 Å². The first kappa shape index (κ1) is 12.3.